The van der Waals surface area contributed by atoms with E-state index in [9.17, 15) is 57.8 Å². The number of aliphatic carboxylic acids is 1. The van der Waals surface area contributed by atoms with E-state index < -0.39 is 132 Å². The molecule has 13 N–H and O–H groups in total. The van der Waals surface area contributed by atoms with Crippen LogP contribution in [-0.4, -0.2) is 166 Å². The van der Waals surface area contributed by atoms with Gasteiger partial charge in [0.15, 0.2) is 5.96 Å². The Labute approximate surface area is 395 Å². The lowest BCUT2D eigenvalue weighted by Gasteiger charge is -2.34. The number of nitrogens with one attached hydrogen (secondary N) is 8. The summed E-state index contributed by atoms with van der Waals surface area (Å²) in [5.41, 5.74) is 10.8. The predicted octanol–water partition coefficient (Wildman–Crippen LogP) is -3.83. The molecule has 9 atom stereocenters. The Bertz CT molecular complexity index is 1930. The molecule has 3 saturated heterocycles. The summed E-state index contributed by atoms with van der Waals surface area (Å²) >= 11 is 0. The SMILES string of the molecule is CC(C)C[C@@H]1NC(=O)[C@H](C)NC(=O)[C@H](C)NC(=O)[C@@H]2CCCN2C(=O)[C@H]2CCCN2C(=O)[C@H](CC(C)C)NC(=O)[C@H](CC(=O)O)NC(=O)CNC(=O)[C@H](CCCN=C(N)N)NC(=O)[C@H](C)NC1=O. The average molecular weight is 962 g/mol. The van der Waals surface area contributed by atoms with Crippen molar-refractivity contribution in [2.75, 3.05) is 26.2 Å². The molecule has 0 radical (unpaired) electrons. The largest absolute Gasteiger partial charge is 0.481 e. The summed E-state index contributed by atoms with van der Waals surface area (Å²) in [6.07, 6.45) is 0.754. The number of hydrogen-bond donors (Lipinski definition) is 11. The maximum Gasteiger partial charge on any atom is 0.305 e. The number of carboxylic acids is 1. The van der Waals surface area contributed by atoms with Crippen molar-refractivity contribution < 1.29 is 57.8 Å². The second-order valence-electron chi connectivity index (χ2n) is 18.4. The molecule has 0 aromatic rings. The molecule has 25 heteroatoms. The molecule has 3 aliphatic heterocycles. The highest BCUT2D eigenvalue weighted by Crippen LogP contribution is 2.26. The standard InChI is InChI=1S/C43H71N13O12/c1-21(2)17-27-38(64)49-25(7)35(61)52-26(11-8-14-46-43(44)45)37(63)47-20-32(57)51-28(19-33(58)59)39(65)54-29(18-22(3)4)41(67)56-16-10-13-31(56)42(68)55-15-9-12-30(55)40(66)50-23(5)34(60)48-24(6)36(62)53-27/h21-31H,8-20H2,1-7H3,(H,47,63)(H,48,60)(H,49,64)(H,50,66)(H,51,57)(H,52,61)(H,53,62)(H,54,65)(H,58,59)(H4,44,45,46)/t23-,24-,25-,26-,27-,28-,29-,30-,31+/m0/s1. The fourth-order valence-electron chi connectivity index (χ4n) is 8.09. The molecule has 3 aliphatic rings. The third kappa shape index (κ3) is 16.9. The first-order valence-corrected chi connectivity index (χ1v) is 23.2. The van der Waals surface area contributed by atoms with Crippen LogP contribution in [0.3, 0.4) is 0 Å². The Balaban J connectivity index is 1.99. The van der Waals surface area contributed by atoms with Crippen LogP contribution in [0.2, 0.25) is 0 Å². The molecule has 0 unspecified atom stereocenters. The van der Waals surface area contributed by atoms with Crippen molar-refractivity contribution in [1.29, 1.82) is 0 Å². The first-order chi connectivity index (χ1) is 31.9. The van der Waals surface area contributed by atoms with Gasteiger partial charge >= 0.3 is 5.97 Å². The van der Waals surface area contributed by atoms with Crippen LogP contribution >= 0.6 is 0 Å². The van der Waals surface area contributed by atoms with Crippen molar-refractivity contribution in [1.82, 2.24) is 52.3 Å². The number of hydrogen-bond acceptors (Lipinski definition) is 12. The summed E-state index contributed by atoms with van der Waals surface area (Å²) in [5, 5.41) is 29.7. The van der Waals surface area contributed by atoms with E-state index in [4.69, 9.17) is 11.5 Å². The molecule has 25 nitrogen and oxygen atoms in total. The van der Waals surface area contributed by atoms with E-state index in [0.717, 1.165) is 0 Å². The van der Waals surface area contributed by atoms with Gasteiger partial charge in [0.1, 0.15) is 54.4 Å². The zero-order chi connectivity index (χ0) is 51.0. The van der Waals surface area contributed by atoms with Gasteiger partial charge in [-0.15, -0.1) is 0 Å². The summed E-state index contributed by atoms with van der Waals surface area (Å²) in [6.45, 7) is 10.9. The van der Waals surface area contributed by atoms with Crippen LogP contribution in [0.4, 0.5) is 0 Å². The molecule has 0 aromatic heterocycles. The molecule has 10 amide bonds. The predicted molar refractivity (Wildman–Crippen MR) is 244 cm³/mol. The van der Waals surface area contributed by atoms with Gasteiger partial charge in [-0.1, -0.05) is 27.7 Å². The molecule has 3 fully saturated rings. The molecule has 0 spiro atoms. The molecule has 0 aliphatic carbocycles. The Hall–Kier alpha value is -6.56. The highest BCUT2D eigenvalue weighted by atomic mass is 16.4. The van der Waals surface area contributed by atoms with E-state index in [1.807, 2.05) is 0 Å². The molecule has 0 aromatic carbocycles. The number of carbonyl (C=O) groups is 11. The topological polar surface area (TPSA) is 375 Å². The van der Waals surface area contributed by atoms with Crippen molar-refractivity contribution in [3.63, 3.8) is 0 Å². The number of rotatable bonds is 10. The summed E-state index contributed by atoms with van der Waals surface area (Å²) < 4.78 is 0. The Morgan fingerprint density at radius 1 is 0.603 bits per heavy atom. The van der Waals surface area contributed by atoms with Gasteiger partial charge < -0.3 is 68.9 Å². The zero-order valence-corrected chi connectivity index (χ0v) is 40.0. The number of nitrogens with two attached hydrogens (primary N) is 2. The molecule has 0 saturated carbocycles. The quantitative estimate of drug-likeness (QED) is 0.0568. The minimum Gasteiger partial charge on any atom is -0.481 e. The molecule has 3 rings (SSSR count). The Morgan fingerprint density at radius 3 is 1.63 bits per heavy atom. The lowest BCUT2D eigenvalue weighted by molar-refractivity contribution is -0.148. The lowest BCUT2D eigenvalue weighted by Crippen LogP contribution is -2.60. The monoisotopic (exact) mass is 962 g/mol. The Morgan fingerprint density at radius 2 is 1.07 bits per heavy atom. The van der Waals surface area contributed by atoms with Crippen molar-refractivity contribution >= 4 is 71.0 Å². The molecule has 380 valence electrons. The van der Waals surface area contributed by atoms with Gasteiger partial charge in [-0.05, 0) is 84.0 Å². The van der Waals surface area contributed by atoms with Crippen molar-refractivity contribution in [2.45, 2.75) is 161 Å². The average Bonchev–Trinajstić information content (AvgIpc) is 3.96. The summed E-state index contributed by atoms with van der Waals surface area (Å²) in [5.74, 6) is -9.74. The fraction of sp³-hybridized carbons (Fsp3) is 0.721. The van der Waals surface area contributed by atoms with Gasteiger partial charge in [0.2, 0.25) is 59.1 Å². The number of aliphatic imine (C=N–C) groups is 1. The number of amides is 10. The third-order valence-corrected chi connectivity index (χ3v) is 11.6. The lowest BCUT2D eigenvalue weighted by atomic mass is 10.0. The van der Waals surface area contributed by atoms with Gasteiger partial charge in [0.25, 0.3) is 0 Å². The first-order valence-electron chi connectivity index (χ1n) is 23.2. The summed E-state index contributed by atoms with van der Waals surface area (Å²) in [6, 6.07) is -11.2. The van der Waals surface area contributed by atoms with Gasteiger partial charge in [-0.25, -0.2) is 0 Å². The highest BCUT2D eigenvalue weighted by molar-refractivity contribution is 5.99. The summed E-state index contributed by atoms with van der Waals surface area (Å²) in [4.78, 5) is 155. The van der Waals surface area contributed by atoms with Crippen LogP contribution in [0.25, 0.3) is 0 Å². The smallest absolute Gasteiger partial charge is 0.305 e. The minimum absolute atomic E-state index is 0.0533. The van der Waals surface area contributed by atoms with Crippen molar-refractivity contribution in [2.24, 2.45) is 28.3 Å². The third-order valence-electron chi connectivity index (χ3n) is 11.6. The van der Waals surface area contributed by atoms with Crippen LogP contribution in [0, 0.1) is 11.8 Å². The molecule has 0 bridgehead atoms. The molecule has 68 heavy (non-hydrogen) atoms. The van der Waals surface area contributed by atoms with E-state index in [2.05, 4.69) is 47.5 Å². The molecule has 3 heterocycles. The van der Waals surface area contributed by atoms with Crippen molar-refractivity contribution in [3.8, 4) is 0 Å². The fourth-order valence-corrected chi connectivity index (χ4v) is 8.09. The van der Waals surface area contributed by atoms with E-state index >= 15 is 0 Å². The van der Waals surface area contributed by atoms with Crippen LogP contribution in [0.5, 0.6) is 0 Å². The second-order valence-corrected chi connectivity index (χ2v) is 18.4. The van der Waals surface area contributed by atoms with E-state index in [-0.39, 0.29) is 76.0 Å². The molecular formula is C43H71N13O12. The highest BCUT2D eigenvalue weighted by Gasteiger charge is 2.44. The maximum absolute atomic E-state index is 14.3. The van der Waals surface area contributed by atoms with Crippen molar-refractivity contribution in [3.05, 3.63) is 0 Å². The van der Waals surface area contributed by atoms with Gasteiger partial charge in [-0.2, -0.15) is 0 Å². The van der Waals surface area contributed by atoms with Crippen LogP contribution in [0.15, 0.2) is 4.99 Å². The minimum atomic E-state index is -1.73. The number of carbonyl (C=O) groups excluding carboxylic acids is 10. The zero-order valence-electron chi connectivity index (χ0n) is 40.0. The van der Waals surface area contributed by atoms with E-state index in [1.54, 1.807) is 27.7 Å². The molecular weight excluding hydrogens is 891 g/mol. The number of nitrogens with zero attached hydrogens (tertiary/aromatic N) is 3. The summed E-state index contributed by atoms with van der Waals surface area (Å²) in [7, 11) is 0. The van der Waals surface area contributed by atoms with Gasteiger partial charge in [0, 0.05) is 19.6 Å². The second kappa shape index (κ2) is 26.1. The van der Waals surface area contributed by atoms with Crippen LogP contribution < -0.4 is 54.0 Å². The Kier molecular flexibility index (Phi) is 21.4. The van der Waals surface area contributed by atoms with Gasteiger partial charge in [0.05, 0.1) is 13.0 Å². The first kappa shape index (κ1) is 55.8. The number of guanidine groups is 1. The van der Waals surface area contributed by atoms with Gasteiger partial charge in [-0.3, -0.25) is 57.7 Å². The normalized spacial score (nSPS) is 28.2. The van der Waals surface area contributed by atoms with E-state index in [1.165, 1.54) is 30.6 Å². The van der Waals surface area contributed by atoms with E-state index in [0.29, 0.717) is 12.8 Å². The number of carboxylic acid groups (broad SMARTS) is 1. The van der Waals surface area contributed by atoms with Crippen LogP contribution in [0.1, 0.15) is 106 Å². The number of fused-ring (bicyclic) bond motifs is 2. The maximum atomic E-state index is 14.3. The van der Waals surface area contributed by atoms with Crippen LogP contribution in [-0.2, 0) is 52.7 Å².